The van der Waals surface area contributed by atoms with E-state index in [1.807, 2.05) is 0 Å². The smallest absolute Gasteiger partial charge is 0.246 e. The molecule has 154 valence electrons. The molecule has 1 atom stereocenters. The first-order chi connectivity index (χ1) is 14.5. The highest BCUT2D eigenvalue weighted by molar-refractivity contribution is 6.06. The van der Waals surface area contributed by atoms with Crippen molar-refractivity contribution in [2.75, 3.05) is 5.32 Å². The predicted octanol–water partition coefficient (Wildman–Crippen LogP) is 4.41. The minimum absolute atomic E-state index is 0.0181. The second-order valence-corrected chi connectivity index (χ2v) is 7.44. The van der Waals surface area contributed by atoms with Crippen LogP contribution in [0.1, 0.15) is 26.2 Å². The van der Waals surface area contributed by atoms with Gasteiger partial charge in [-0.05, 0) is 50.1 Å². The van der Waals surface area contributed by atoms with Crippen LogP contribution in [0.5, 0.6) is 11.5 Å². The number of carbonyl (C=O) groups is 2. The van der Waals surface area contributed by atoms with Crippen molar-refractivity contribution in [2.45, 2.75) is 32.2 Å². The molecule has 2 amide bonds. The lowest BCUT2D eigenvalue weighted by Crippen LogP contribution is -2.45. The lowest BCUT2D eigenvalue weighted by molar-refractivity contribution is -0.130. The number of amides is 2. The van der Waals surface area contributed by atoms with Crippen LogP contribution >= 0.6 is 0 Å². The van der Waals surface area contributed by atoms with Crippen molar-refractivity contribution < 1.29 is 18.7 Å². The highest BCUT2D eigenvalue weighted by Crippen LogP contribution is 2.34. The fourth-order valence-corrected chi connectivity index (χ4v) is 3.33. The number of aromatic nitrogens is 1. The van der Waals surface area contributed by atoms with E-state index in [0.717, 1.165) is 24.6 Å². The number of fused-ring (bicyclic) bond motifs is 1. The lowest BCUT2D eigenvalue weighted by Gasteiger charge is -2.26. The van der Waals surface area contributed by atoms with E-state index in [0.29, 0.717) is 22.6 Å². The molecule has 30 heavy (non-hydrogen) atoms. The molecule has 0 spiro atoms. The first kappa shape index (κ1) is 19.8. The van der Waals surface area contributed by atoms with Crippen LogP contribution in [0.2, 0.25) is 0 Å². The molecule has 6 nitrogen and oxygen atoms in total. The number of halogens is 1. The van der Waals surface area contributed by atoms with Gasteiger partial charge in [0, 0.05) is 35.2 Å². The molecular weight excluding hydrogens is 385 g/mol. The molecule has 1 unspecified atom stereocenters. The second kappa shape index (κ2) is 8.49. The van der Waals surface area contributed by atoms with Crippen LogP contribution < -0.4 is 15.4 Å². The summed E-state index contributed by atoms with van der Waals surface area (Å²) in [6.07, 6.45) is 6.06. The van der Waals surface area contributed by atoms with Gasteiger partial charge in [0.05, 0.1) is 5.69 Å². The van der Waals surface area contributed by atoms with Crippen molar-refractivity contribution >= 4 is 28.3 Å². The first-order valence-electron chi connectivity index (χ1n) is 9.92. The number of hydrogen-bond acceptors (Lipinski definition) is 4. The van der Waals surface area contributed by atoms with Crippen molar-refractivity contribution in [3.8, 4) is 11.5 Å². The van der Waals surface area contributed by atoms with Crippen molar-refractivity contribution in [1.82, 2.24) is 10.3 Å². The van der Waals surface area contributed by atoms with Gasteiger partial charge in [0.25, 0.3) is 0 Å². The van der Waals surface area contributed by atoms with E-state index < -0.39 is 6.04 Å². The van der Waals surface area contributed by atoms with E-state index in [1.54, 1.807) is 49.6 Å². The Morgan fingerprint density at radius 1 is 1.17 bits per heavy atom. The Kier molecular flexibility index (Phi) is 5.61. The quantitative estimate of drug-likeness (QED) is 0.634. The summed E-state index contributed by atoms with van der Waals surface area (Å²) in [6.45, 7) is 1.66. The zero-order valence-corrected chi connectivity index (χ0v) is 16.5. The molecule has 1 aliphatic carbocycles. The van der Waals surface area contributed by atoms with Gasteiger partial charge in [-0.2, -0.15) is 0 Å². The van der Waals surface area contributed by atoms with Crippen LogP contribution in [0, 0.1) is 11.7 Å². The van der Waals surface area contributed by atoms with Crippen LogP contribution in [0.25, 0.3) is 10.8 Å². The maximum Gasteiger partial charge on any atom is 0.246 e. The van der Waals surface area contributed by atoms with Gasteiger partial charge in [-0.25, -0.2) is 4.39 Å². The van der Waals surface area contributed by atoms with Crippen LogP contribution in [0.4, 0.5) is 10.1 Å². The number of rotatable bonds is 6. The summed E-state index contributed by atoms with van der Waals surface area (Å²) < 4.78 is 19.3. The zero-order chi connectivity index (χ0) is 21.1. The zero-order valence-electron chi connectivity index (χ0n) is 16.5. The Bertz CT molecular complexity index is 1100. The average molecular weight is 407 g/mol. The molecule has 3 aromatic rings. The number of nitrogens with zero attached hydrogens (tertiary/aromatic N) is 1. The Balaban J connectivity index is 1.53. The van der Waals surface area contributed by atoms with Crippen molar-refractivity contribution in [2.24, 2.45) is 5.92 Å². The average Bonchev–Trinajstić information content (AvgIpc) is 2.68. The number of ether oxygens (including phenoxy) is 1. The Morgan fingerprint density at radius 3 is 2.73 bits per heavy atom. The van der Waals surface area contributed by atoms with E-state index >= 15 is 0 Å². The largest absolute Gasteiger partial charge is 0.457 e. The van der Waals surface area contributed by atoms with E-state index in [1.165, 1.54) is 12.1 Å². The van der Waals surface area contributed by atoms with E-state index in [4.69, 9.17) is 4.74 Å². The molecular formula is C23H22FN3O3. The SMILES string of the molecule is CC(NC(=O)C1CCC1)C(=O)Nc1ccc(Oc2cccc(F)c2)c2ccncc12. The van der Waals surface area contributed by atoms with Crippen LogP contribution in [0.15, 0.2) is 54.9 Å². The van der Waals surface area contributed by atoms with Crippen LogP contribution in [-0.4, -0.2) is 22.8 Å². The Labute approximate surface area is 173 Å². The molecule has 1 saturated carbocycles. The summed E-state index contributed by atoms with van der Waals surface area (Å²) in [4.78, 5) is 28.9. The predicted molar refractivity (Wildman–Crippen MR) is 112 cm³/mol. The van der Waals surface area contributed by atoms with Gasteiger partial charge < -0.3 is 15.4 Å². The number of benzene rings is 2. The Morgan fingerprint density at radius 2 is 2.00 bits per heavy atom. The molecule has 0 radical (unpaired) electrons. The summed E-state index contributed by atoms with van der Waals surface area (Å²) >= 11 is 0. The minimum atomic E-state index is -0.659. The number of carbonyl (C=O) groups excluding carboxylic acids is 2. The number of pyridine rings is 1. The van der Waals surface area contributed by atoms with E-state index in [-0.39, 0.29) is 23.5 Å². The van der Waals surface area contributed by atoms with Gasteiger partial charge >= 0.3 is 0 Å². The summed E-state index contributed by atoms with van der Waals surface area (Å²) in [5.41, 5.74) is 0.555. The summed E-state index contributed by atoms with van der Waals surface area (Å²) in [6, 6.07) is 10.4. The fraction of sp³-hybridized carbons (Fsp3) is 0.261. The first-order valence-corrected chi connectivity index (χ1v) is 9.92. The number of anilines is 1. The minimum Gasteiger partial charge on any atom is -0.457 e. The van der Waals surface area contributed by atoms with E-state index in [2.05, 4.69) is 15.6 Å². The van der Waals surface area contributed by atoms with Gasteiger partial charge in [0.2, 0.25) is 11.8 Å². The van der Waals surface area contributed by atoms with Crippen LogP contribution in [0.3, 0.4) is 0 Å². The molecule has 2 N–H and O–H groups in total. The molecule has 1 fully saturated rings. The molecule has 2 aromatic carbocycles. The lowest BCUT2D eigenvalue weighted by atomic mass is 9.84. The van der Waals surface area contributed by atoms with Gasteiger partial charge in [-0.1, -0.05) is 12.5 Å². The molecule has 1 aliphatic rings. The summed E-state index contributed by atoms with van der Waals surface area (Å²) in [5, 5.41) is 7.03. The standard InChI is InChI=1S/C23H22FN3O3/c1-14(26-23(29)15-4-2-5-15)22(28)27-20-8-9-21(18-10-11-25-13-19(18)20)30-17-7-3-6-16(24)12-17/h3,6-15H,2,4-5H2,1H3,(H,26,29)(H,27,28). The normalized spacial score (nSPS) is 14.6. The third-order valence-electron chi connectivity index (χ3n) is 5.29. The molecule has 0 aliphatic heterocycles. The highest BCUT2D eigenvalue weighted by Gasteiger charge is 2.27. The number of nitrogens with one attached hydrogen (secondary N) is 2. The molecule has 4 rings (SSSR count). The topological polar surface area (TPSA) is 80.3 Å². The fourth-order valence-electron chi connectivity index (χ4n) is 3.33. The van der Waals surface area contributed by atoms with Gasteiger partial charge in [0.1, 0.15) is 23.4 Å². The molecule has 7 heteroatoms. The van der Waals surface area contributed by atoms with Crippen molar-refractivity contribution in [1.29, 1.82) is 0 Å². The summed E-state index contributed by atoms with van der Waals surface area (Å²) in [7, 11) is 0. The van der Waals surface area contributed by atoms with Crippen LogP contribution in [-0.2, 0) is 9.59 Å². The van der Waals surface area contributed by atoms with Gasteiger partial charge in [0.15, 0.2) is 0 Å². The second-order valence-electron chi connectivity index (χ2n) is 7.44. The third-order valence-corrected chi connectivity index (χ3v) is 5.29. The molecule has 0 bridgehead atoms. The Hall–Kier alpha value is -3.48. The van der Waals surface area contributed by atoms with Crippen molar-refractivity contribution in [3.63, 3.8) is 0 Å². The molecule has 1 heterocycles. The molecule has 0 saturated heterocycles. The summed E-state index contributed by atoms with van der Waals surface area (Å²) in [5.74, 6) is 0.130. The monoisotopic (exact) mass is 407 g/mol. The van der Waals surface area contributed by atoms with Gasteiger partial charge in [-0.15, -0.1) is 0 Å². The highest BCUT2D eigenvalue weighted by atomic mass is 19.1. The van der Waals surface area contributed by atoms with Crippen molar-refractivity contribution in [3.05, 3.63) is 60.7 Å². The number of hydrogen-bond donors (Lipinski definition) is 2. The van der Waals surface area contributed by atoms with E-state index in [9.17, 15) is 14.0 Å². The maximum atomic E-state index is 13.5. The van der Waals surface area contributed by atoms with Gasteiger partial charge in [-0.3, -0.25) is 14.6 Å². The molecule has 1 aromatic heterocycles. The maximum absolute atomic E-state index is 13.5. The third kappa shape index (κ3) is 4.25.